The Kier molecular flexibility index (Phi) is 17.5. The number of carboxylic acid groups (broad SMARTS) is 2. The first-order chi connectivity index (χ1) is 7.45. The number of rotatable bonds is 9. The standard InChI is InChI=1S/C8H16N2O4S2.2ClH/c9-5(7(11)12)1-3-15-16-4-2-6(10)8(13)14;;/h5-6H,1-4,9-10H2,(H,11,12)(H,13,14);2*1H. The largest absolute Gasteiger partial charge is 0.480 e. The smallest absolute Gasteiger partial charge is 0.320 e. The number of hydrogen-bond acceptors (Lipinski definition) is 6. The maximum Gasteiger partial charge on any atom is 0.320 e. The molecule has 110 valence electrons. The number of nitrogens with two attached hydrogens (primary N) is 2. The second kappa shape index (κ2) is 13.6. The molecule has 0 bridgehead atoms. The van der Waals surface area contributed by atoms with Crippen molar-refractivity contribution in [3.8, 4) is 0 Å². The molecule has 10 heteroatoms. The molecule has 2 unspecified atom stereocenters. The quantitative estimate of drug-likeness (QED) is 0.358. The van der Waals surface area contributed by atoms with Crippen molar-refractivity contribution in [2.24, 2.45) is 11.5 Å². The van der Waals surface area contributed by atoms with E-state index in [1.165, 1.54) is 21.6 Å². The molecule has 0 aliphatic rings. The van der Waals surface area contributed by atoms with Crippen molar-refractivity contribution in [2.75, 3.05) is 11.5 Å². The molecule has 0 amide bonds. The summed E-state index contributed by atoms with van der Waals surface area (Å²) in [6.07, 6.45) is 0.802. The van der Waals surface area contributed by atoms with Crippen LogP contribution in [0.15, 0.2) is 0 Å². The van der Waals surface area contributed by atoms with Crippen LogP contribution in [0, 0.1) is 0 Å². The van der Waals surface area contributed by atoms with Gasteiger partial charge in [-0.25, -0.2) is 0 Å². The van der Waals surface area contributed by atoms with Crippen LogP contribution < -0.4 is 11.5 Å². The second-order valence-electron chi connectivity index (χ2n) is 3.11. The molecular formula is C8H18Cl2N2O4S2. The fourth-order valence-corrected chi connectivity index (χ4v) is 2.94. The van der Waals surface area contributed by atoms with Crippen molar-refractivity contribution in [3.63, 3.8) is 0 Å². The summed E-state index contributed by atoms with van der Waals surface area (Å²) in [6.45, 7) is 0. The van der Waals surface area contributed by atoms with Gasteiger partial charge in [-0.1, -0.05) is 21.6 Å². The van der Waals surface area contributed by atoms with E-state index in [0.717, 1.165) is 0 Å². The Morgan fingerprint density at radius 1 is 0.889 bits per heavy atom. The molecule has 0 saturated carbocycles. The van der Waals surface area contributed by atoms with Gasteiger partial charge in [-0.15, -0.1) is 24.8 Å². The molecule has 0 radical (unpaired) electrons. The van der Waals surface area contributed by atoms with Crippen LogP contribution in [0.4, 0.5) is 0 Å². The van der Waals surface area contributed by atoms with Crippen LogP contribution in [0.3, 0.4) is 0 Å². The van der Waals surface area contributed by atoms with Gasteiger partial charge in [0.1, 0.15) is 12.1 Å². The van der Waals surface area contributed by atoms with Crippen LogP contribution in [-0.4, -0.2) is 45.7 Å². The molecule has 6 nitrogen and oxygen atoms in total. The zero-order chi connectivity index (χ0) is 12.6. The average molecular weight is 341 g/mol. The zero-order valence-corrected chi connectivity index (χ0v) is 12.7. The van der Waals surface area contributed by atoms with Gasteiger partial charge in [-0.05, 0) is 12.8 Å². The fraction of sp³-hybridized carbons (Fsp3) is 0.750. The second-order valence-corrected chi connectivity index (χ2v) is 5.81. The summed E-state index contributed by atoms with van der Waals surface area (Å²) in [4.78, 5) is 20.7. The third-order valence-corrected chi connectivity index (χ3v) is 4.21. The summed E-state index contributed by atoms with van der Waals surface area (Å²) in [6, 6.07) is -1.65. The van der Waals surface area contributed by atoms with E-state index in [1.807, 2.05) is 0 Å². The SMILES string of the molecule is Cl.Cl.NC(CCSSCCC(N)C(=O)O)C(=O)O. The lowest BCUT2D eigenvalue weighted by Gasteiger charge is -2.06. The highest BCUT2D eigenvalue weighted by Gasteiger charge is 2.12. The highest BCUT2D eigenvalue weighted by molar-refractivity contribution is 8.76. The highest BCUT2D eigenvalue weighted by atomic mass is 35.5. The van der Waals surface area contributed by atoms with Gasteiger partial charge >= 0.3 is 11.9 Å². The fourth-order valence-electron chi connectivity index (χ4n) is 0.715. The highest BCUT2D eigenvalue weighted by Crippen LogP contribution is 2.23. The molecule has 0 aromatic carbocycles. The van der Waals surface area contributed by atoms with Gasteiger partial charge in [0.15, 0.2) is 0 Å². The molecule has 6 N–H and O–H groups in total. The van der Waals surface area contributed by atoms with Gasteiger partial charge in [0, 0.05) is 11.5 Å². The van der Waals surface area contributed by atoms with Crippen molar-refractivity contribution in [2.45, 2.75) is 24.9 Å². The zero-order valence-electron chi connectivity index (χ0n) is 9.48. The number of carboxylic acids is 2. The lowest BCUT2D eigenvalue weighted by atomic mass is 10.2. The Hall–Kier alpha value is 0.140. The van der Waals surface area contributed by atoms with Crippen LogP contribution in [0.25, 0.3) is 0 Å². The monoisotopic (exact) mass is 340 g/mol. The lowest BCUT2D eigenvalue weighted by molar-refractivity contribution is -0.139. The van der Waals surface area contributed by atoms with Crippen molar-refractivity contribution in [3.05, 3.63) is 0 Å². The minimum Gasteiger partial charge on any atom is -0.480 e. The van der Waals surface area contributed by atoms with Crippen molar-refractivity contribution in [1.29, 1.82) is 0 Å². The maximum atomic E-state index is 10.4. The van der Waals surface area contributed by atoms with Crippen molar-refractivity contribution < 1.29 is 19.8 Å². The molecule has 0 rings (SSSR count). The van der Waals surface area contributed by atoms with Crippen molar-refractivity contribution in [1.82, 2.24) is 0 Å². The molecule has 0 aliphatic carbocycles. The summed E-state index contributed by atoms with van der Waals surface area (Å²) >= 11 is 0. The van der Waals surface area contributed by atoms with Gasteiger partial charge < -0.3 is 21.7 Å². The molecule has 0 spiro atoms. The van der Waals surface area contributed by atoms with Gasteiger partial charge in [0.25, 0.3) is 0 Å². The summed E-state index contributed by atoms with van der Waals surface area (Å²) in [5, 5.41) is 17.0. The Morgan fingerprint density at radius 3 is 1.39 bits per heavy atom. The van der Waals surface area contributed by atoms with Gasteiger partial charge in [-0.3, -0.25) is 9.59 Å². The van der Waals surface area contributed by atoms with E-state index >= 15 is 0 Å². The van der Waals surface area contributed by atoms with Gasteiger partial charge in [0.05, 0.1) is 0 Å². The molecule has 0 aromatic heterocycles. The van der Waals surface area contributed by atoms with Crippen LogP contribution >= 0.6 is 46.4 Å². The maximum absolute atomic E-state index is 10.4. The molecule has 0 heterocycles. The van der Waals surface area contributed by atoms with E-state index in [1.54, 1.807) is 0 Å². The minimum absolute atomic E-state index is 0. The first kappa shape index (κ1) is 23.2. The molecule has 18 heavy (non-hydrogen) atoms. The Morgan fingerprint density at radius 2 is 1.17 bits per heavy atom. The number of hydrogen-bond donors (Lipinski definition) is 4. The van der Waals surface area contributed by atoms with Crippen LogP contribution in [0.5, 0.6) is 0 Å². The Bertz CT molecular complexity index is 225. The van der Waals surface area contributed by atoms with E-state index in [2.05, 4.69) is 0 Å². The van der Waals surface area contributed by atoms with Crippen molar-refractivity contribution >= 4 is 58.3 Å². The topological polar surface area (TPSA) is 127 Å². The minimum atomic E-state index is -1.00. The van der Waals surface area contributed by atoms with E-state index in [4.69, 9.17) is 21.7 Å². The molecule has 0 fully saturated rings. The first-order valence-corrected chi connectivity index (χ1v) is 7.15. The summed E-state index contributed by atoms with van der Waals surface area (Å²) < 4.78 is 0. The number of carbonyl (C=O) groups is 2. The molecule has 0 aliphatic heterocycles. The average Bonchev–Trinajstić information content (AvgIpc) is 2.21. The Balaban J connectivity index is -0.00000112. The van der Waals surface area contributed by atoms with Crippen LogP contribution in [-0.2, 0) is 9.59 Å². The third-order valence-electron chi connectivity index (χ3n) is 1.74. The summed E-state index contributed by atoms with van der Waals surface area (Å²) in [5.41, 5.74) is 10.6. The van der Waals surface area contributed by atoms with E-state index < -0.39 is 24.0 Å². The number of aliphatic carboxylic acids is 2. The number of halogens is 2. The molecule has 0 saturated heterocycles. The van der Waals surface area contributed by atoms with Gasteiger partial charge in [-0.2, -0.15) is 0 Å². The van der Waals surface area contributed by atoms with E-state index in [9.17, 15) is 9.59 Å². The summed E-state index contributed by atoms with van der Waals surface area (Å²) in [5.74, 6) is -0.752. The van der Waals surface area contributed by atoms with Crippen LogP contribution in [0.1, 0.15) is 12.8 Å². The molecule has 2 atom stereocenters. The third kappa shape index (κ3) is 12.6. The van der Waals surface area contributed by atoms with Crippen LogP contribution in [0.2, 0.25) is 0 Å². The first-order valence-electron chi connectivity index (χ1n) is 4.66. The van der Waals surface area contributed by atoms with E-state index in [0.29, 0.717) is 24.3 Å². The van der Waals surface area contributed by atoms with E-state index in [-0.39, 0.29) is 24.8 Å². The summed E-state index contributed by atoms with van der Waals surface area (Å²) in [7, 11) is 2.96. The Labute approximate surface area is 126 Å². The predicted octanol–water partition coefficient (Wildman–Crippen LogP) is 0.815. The molecular weight excluding hydrogens is 323 g/mol. The molecule has 0 aromatic rings. The van der Waals surface area contributed by atoms with Gasteiger partial charge in [0.2, 0.25) is 0 Å². The lowest BCUT2D eigenvalue weighted by Crippen LogP contribution is -2.30. The normalized spacial score (nSPS) is 12.8. The predicted molar refractivity (Wildman–Crippen MR) is 79.9 cm³/mol.